The van der Waals surface area contributed by atoms with E-state index in [9.17, 15) is 0 Å². The number of rotatable bonds is 2. The average molecular weight is 221 g/mol. The zero-order valence-electron chi connectivity index (χ0n) is 10.6. The van der Waals surface area contributed by atoms with Crippen molar-refractivity contribution in [3.63, 3.8) is 0 Å². The third-order valence-corrected chi connectivity index (χ3v) is 2.97. The molecule has 3 N–H and O–H groups in total. The summed E-state index contributed by atoms with van der Waals surface area (Å²) in [6, 6.07) is 0.323. The van der Waals surface area contributed by atoms with Crippen molar-refractivity contribution in [1.82, 2.24) is 5.32 Å². The molecule has 0 aromatic carbocycles. The van der Waals surface area contributed by atoms with Crippen molar-refractivity contribution in [1.29, 1.82) is 0 Å². The molecule has 0 aromatic heterocycles. The van der Waals surface area contributed by atoms with E-state index in [2.05, 4.69) is 37.0 Å². The summed E-state index contributed by atoms with van der Waals surface area (Å²) in [6.07, 6.45) is 10.3. The number of nitrogens with zero attached hydrogens (tertiary/aromatic N) is 1. The van der Waals surface area contributed by atoms with Crippen molar-refractivity contribution in [2.75, 3.05) is 0 Å². The van der Waals surface area contributed by atoms with E-state index in [1.807, 2.05) is 0 Å². The minimum Gasteiger partial charge on any atom is -0.370 e. The lowest BCUT2D eigenvalue weighted by atomic mass is 9.87. The van der Waals surface area contributed by atoms with Crippen molar-refractivity contribution < 1.29 is 0 Å². The molecule has 1 rings (SSSR count). The van der Waals surface area contributed by atoms with E-state index < -0.39 is 0 Å². The van der Waals surface area contributed by atoms with Crippen LogP contribution >= 0.6 is 0 Å². The molecule has 3 nitrogen and oxygen atoms in total. The summed E-state index contributed by atoms with van der Waals surface area (Å²) in [5.41, 5.74) is 5.86. The number of aliphatic imine (C=N–C) groups is 1. The predicted octanol–water partition coefficient (Wildman–Crippen LogP) is 1.88. The number of terminal acetylenes is 1. The second-order valence-corrected chi connectivity index (χ2v) is 5.56. The van der Waals surface area contributed by atoms with Gasteiger partial charge in [0.25, 0.3) is 0 Å². The van der Waals surface area contributed by atoms with Gasteiger partial charge >= 0.3 is 0 Å². The Morgan fingerprint density at radius 3 is 2.44 bits per heavy atom. The van der Waals surface area contributed by atoms with E-state index in [1.165, 1.54) is 12.8 Å². The molecule has 1 atom stereocenters. The fourth-order valence-electron chi connectivity index (χ4n) is 1.92. The summed E-state index contributed by atoms with van der Waals surface area (Å²) >= 11 is 0. The molecule has 16 heavy (non-hydrogen) atoms. The van der Waals surface area contributed by atoms with Crippen molar-refractivity contribution in [3.05, 3.63) is 0 Å². The molecule has 0 bridgehead atoms. The molecule has 0 heterocycles. The van der Waals surface area contributed by atoms with Crippen LogP contribution in [0.2, 0.25) is 0 Å². The minimum atomic E-state index is -0.0716. The molecule has 0 amide bonds. The topological polar surface area (TPSA) is 50.4 Å². The molecule has 0 radical (unpaired) electrons. The lowest BCUT2D eigenvalue weighted by Crippen LogP contribution is -2.46. The summed E-state index contributed by atoms with van der Waals surface area (Å²) in [4.78, 5) is 4.46. The third-order valence-electron chi connectivity index (χ3n) is 2.97. The maximum absolute atomic E-state index is 5.87. The van der Waals surface area contributed by atoms with Crippen molar-refractivity contribution in [3.8, 4) is 12.3 Å². The van der Waals surface area contributed by atoms with Crippen LogP contribution < -0.4 is 11.1 Å². The van der Waals surface area contributed by atoms with Crippen LogP contribution in [0.4, 0.5) is 0 Å². The highest BCUT2D eigenvalue weighted by Gasteiger charge is 2.23. The van der Waals surface area contributed by atoms with Gasteiger partial charge in [-0.15, -0.1) is 6.42 Å². The first-order chi connectivity index (χ1) is 7.43. The Morgan fingerprint density at radius 2 is 2.00 bits per heavy atom. The lowest BCUT2D eigenvalue weighted by molar-refractivity contribution is 0.351. The molecule has 1 aliphatic carbocycles. The van der Waals surface area contributed by atoms with E-state index in [1.54, 1.807) is 0 Å². The summed E-state index contributed by atoms with van der Waals surface area (Å²) in [5.74, 6) is 3.22. The second kappa shape index (κ2) is 5.25. The van der Waals surface area contributed by atoms with Gasteiger partial charge in [0, 0.05) is 0 Å². The van der Waals surface area contributed by atoms with Gasteiger partial charge in [-0.2, -0.15) is 0 Å². The Kier molecular flexibility index (Phi) is 4.23. The van der Waals surface area contributed by atoms with Crippen LogP contribution in [0.1, 0.15) is 46.5 Å². The summed E-state index contributed by atoms with van der Waals surface area (Å²) in [5, 5.41) is 3.13. The van der Waals surface area contributed by atoms with Gasteiger partial charge in [-0.25, -0.2) is 0 Å². The quantitative estimate of drug-likeness (QED) is 0.425. The molecule has 1 unspecified atom stereocenters. The average Bonchev–Trinajstić information content (AvgIpc) is 2.64. The van der Waals surface area contributed by atoms with Gasteiger partial charge in [0.15, 0.2) is 5.96 Å². The number of hydrogen-bond acceptors (Lipinski definition) is 1. The second-order valence-electron chi connectivity index (χ2n) is 5.56. The van der Waals surface area contributed by atoms with E-state index in [-0.39, 0.29) is 11.5 Å². The van der Waals surface area contributed by atoms with Crippen LogP contribution in [-0.4, -0.2) is 18.0 Å². The molecule has 0 aromatic rings. The van der Waals surface area contributed by atoms with Gasteiger partial charge in [0.1, 0.15) is 0 Å². The zero-order valence-corrected chi connectivity index (χ0v) is 10.6. The molecule has 0 spiro atoms. The monoisotopic (exact) mass is 221 g/mol. The van der Waals surface area contributed by atoms with Crippen LogP contribution in [0.25, 0.3) is 0 Å². The largest absolute Gasteiger partial charge is 0.370 e. The fourth-order valence-corrected chi connectivity index (χ4v) is 1.92. The van der Waals surface area contributed by atoms with Gasteiger partial charge < -0.3 is 11.1 Å². The molecule has 1 aliphatic rings. The van der Waals surface area contributed by atoms with E-state index in [0.717, 1.165) is 12.8 Å². The van der Waals surface area contributed by atoms with E-state index in [0.29, 0.717) is 12.0 Å². The molecule has 1 saturated carbocycles. The summed E-state index contributed by atoms with van der Waals surface area (Å²) in [6.45, 7) is 6.27. The first-order valence-corrected chi connectivity index (χ1v) is 5.99. The Hall–Kier alpha value is -1.17. The smallest absolute Gasteiger partial charge is 0.189 e. The van der Waals surface area contributed by atoms with Crippen LogP contribution in [0.5, 0.6) is 0 Å². The Morgan fingerprint density at radius 1 is 1.44 bits per heavy atom. The molecule has 0 saturated heterocycles. The van der Waals surface area contributed by atoms with Gasteiger partial charge in [-0.1, -0.05) is 39.5 Å². The molecule has 0 aliphatic heterocycles. The Bertz CT molecular complexity index is 287. The maximum atomic E-state index is 5.87. The summed E-state index contributed by atoms with van der Waals surface area (Å²) in [7, 11) is 0. The van der Waals surface area contributed by atoms with Gasteiger partial charge in [0.05, 0.1) is 12.1 Å². The SMILES string of the molecule is C#CC(NC(N)=NC1CCCC1)C(C)(C)C. The lowest BCUT2D eigenvalue weighted by Gasteiger charge is -2.27. The first kappa shape index (κ1) is 12.9. The van der Waals surface area contributed by atoms with Crippen molar-refractivity contribution >= 4 is 5.96 Å². The zero-order chi connectivity index (χ0) is 12.2. The van der Waals surface area contributed by atoms with E-state index in [4.69, 9.17) is 12.2 Å². The molecular weight excluding hydrogens is 198 g/mol. The fraction of sp³-hybridized carbons (Fsp3) is 0.769. The standard InChI is InChI=1S/C13H23N3/c1-5-11(13(2,3)4)16-12(14)15-10-8-6-7-9-10/h1,10-11H,6-9H2,2-4H3,(H3,14,15,16). The van der Waals surface area contributed by atoms with Crippen LogP contribution in [-0.2, 0) is 0 Å². The highest BCUT2D eigenvalue weighted by molar-refractivity contribution is 5.78. The Balaban J connectivity index is 2.55. The van der Waals surface area contributed by atoms with E-state index >= 15 is 0 Å². The highest BCUT2D eigenvalue weighted by atomic mass is 15.1. The number of nitrogens with one attached hydrogen (secondary N) is 1. The van der Waals surface area contributed by atoms with Crippen molar-refractivity contribution in [2.45, 2.75) is 58.5 Å². The normalized spacial score (nSPS) is 20.5. The van der Waals surface area contributed by atoms with Crippen LogP contribution in [0, 0.1) is 17.8 Å². The minimum absolute atomic E-state index is 0.00936. The van der Waals surface area contributed by atoms with Crippen LogP contribution in [0.15, 0.2) is 4.99 Å². The van der Waals surface area contributed by atoms with Gasteiger partial charge in [-0.3, -0.25) is 4.99 Å². The number of guanidine groups is 1. The Labute approximate surface area is 98.9 Å². The molecule has 3 heteroatoms. The van der Waals surface area contributed by atoms with Gasteiger partial charge in [0.2, 0.25) is 0 Å². The van der Waals surface area contributed by atoms with Crippen molar-refractivity contribution in [2.24, 2.45) is 16.1 Å². The predicted molar refractivity (Wildman–Crippen MR) is 69.1 cm³/mol. The van der Waals surface area contributed by atoms with Crippen LogP contribution in [0.3, 0.4) is 0 Å². The maximum Gasteiger partial charge on any atom is 0.189 e. The molecule has 90 valence electrons. The summed E-state index contributed by atoms with van der Waals surface area (Å²) < 4.78 is 0. The molecule has 1 fully saturated rings. The van der Waals surface area contributed by atoms with Gasteiger partial charge in [-0.05, 0) is 18.3 Å². The third kappa shape index (κ3) is 3.77. The first-order valence-electron chi connectivity index (χ1n) is 5.99. The number of nitrogens with two attached hydrogens (primary N) is 1. The molecular formula is C13H23N3. The number of hydrogen-bond donors (Lipinski definition) is 2. The highest BCUT2D eigenvalue weighted by Crippen LogP contribution is 2.21.